The van der Waals surface area contributed by atoms with Gasteiger partial charge in [-0.05, 0) is 18.2 Å². The highest BCUT2D eigenvalue weighted by atomic mass is 35.7. The van der Waals surface area contributed by atoms with Crippen LogP contribution in [0.4, 0.5) is 0 Å². The van der Waals surface area contributed by atoms with Gasteiger partial charge in [0.2, 0.25) is 0 Å². The van der Waals surface area contributed by atoms with Crippen molar-refractivity contribution in [3.05, 3.63) is 60.6 Å². The maximum atomic E-state index is 6.54. The molecule has 0 heterocycles. The summed E-state index contributed by atoms with van der Waals surface area (Å²) in [4.78, 5) is 0. The zero-order chi connectivity index (χ0) is 13.5. The Labute approximate surface area is 114 Å². The molecular formula is C14H16ClO2P. The van der Waals surface area contributed by atoms with Crippen molar-refractivity contribution in [2.24, 2.45) is 0 Å². The molecule has 2 nitrogen and oxygen atoms in total. The molecule has 0 saturated carbocycles. The summed E-state index contributed by atoms with van der Waals surface area (Å²) >= 11 is 6.54. The zero-order valence-corrected chi connectivity index (χ0v) is 12.2. The standard InChI is InChI=1S/C14H16ClO2P/c1-5-11(16-3)13(6-2)18(15)14-10-8-7-9-12(14)17-4/h5-10H,1-2H2,3-4H3/b13-11-. The minimum atomic E-state index is -1.10. The van der Waals surface area contributed by atoms with Crippen LogP contribution in [0.25, 0.3) is 0 Å². The van der Waals surface area contributed by atoms with Gasteiger partial charge in [0.1, 0.15) is 11.5 Å². The fraction of sp³-hybridized carbons (Fsp3) is 0.143. The van der Waals surface area contributed by atoms with E-state index in [4.69, 9.17) is 20.7 Å². The Morgan fingerprint density at radius 3 is 2.39 bits per heavy atom. The lowest BCUT2D eigenvalue weighted by Gasteiger charge is -2.16. The molecule has 1 rings (SSSR count). The normalized spacial score (nSPS) is 13.3. The van der Waals surface area contributed by atoms with Crippen molar-refractivity contribution in [3.63, 3.8) is 0 Å². The van der Waals surface area contributed by atoms with E-state index in [0.717, 1.165) is 16.4 Å². The van der Waals surface area contributed by atoms with Gasteiger partial charge in [-0.2, -0.15) is 0 Å². The first-order valence-electron chi connectivity index (χ1n) is 5.31. The lowest BCUT2D eigenvalue weighted by molar-refractivity contribution is 0.306. The summed E-state index contributed by atoms with van der Waals surface area (Å²) < 4.78 is 10.6. The van der Waals surface area contributed by atoms with Crippen molar-refractivity contribution in [2.45, 2.75) is 0 Å². The maximum absolute atomic E-state index is 6.54. The van der Waals surface area contributed by atoms with Gasteiger partial charge in [0.15, 0.2) is 0 Å². The highest BCUT2D eigenvalue weighted by Crippen LogP contribution is 2.52. The molecule has 1 unspecified atom stereocenters. The predicted octanol–water partition coefficient (Wildman–Crippen LogP) is 4.19. The van der Waals surface area contributed by atoms with Crippen molar-refractivity contribution in [1.29, 1.82) is 0 Å². The molecule has 0 aliphatic rings. The third kappa shape index (κ3) is 3.16. The Kier molecular flexibility index (Phi) is 5.97. The Hall–Kier alpha value is -1.24. The van der Waals surface area contributed by atoms with E-state index >= 15 is 0 Å². The summed E-state index contributed by atoms with van der Waals surface area (Å²) in [5.74, 6) is 1.40. The molecule has 96 valence electrons. The molecule has 0 spiro atoms. The van der Waals surface area contributed by atoms with Crippen LogP contribution in [-0.2, 0) is 4.74 Å². The number of allylic oxidation sites excluding steroid dienone is 3. The molecule has 0 aliphatic carbocycles. The fourth-order valence-electron chi connectivity index (χ4n) is 1.49. The first-order valence-corrected chi connectivity index (χ1v) is 7.56. The Morgan fingerprint density at radius 1 is 1.22 bits per heavy atom. The van der Waals surface area contributed by atoms with Gasteiger partial charge < -0.3 is 9.47 Å². The molecule has 1 aromatic rings. The summed E-state index contributed by atoms with van der Waals surface area (Å²) in [7, 11) is 2.11. The van der Waals surface area contributed by atoms with Crippen LogP contribution in [0, 0.1) is 0 Å². The van der Waals surface area contributed by atoms with Crippen molar-refractivity contribution < 1.29 is 9.47 Å². The van der Waals surface area contributed by atoms with Crippen molar-refractivity contribution in [1.82, 2.24) is 0 Å². The van der Waals surface area contributed by atoms with Crippen molar-refractivity contribution >= 4 is 23.8 Å². The molecule has 1 aromatic carbocycles. The molecule has 0 aromatic heterocycles. The SMILES string of the molecule is C=C/C(OC)=C(\C=C)P(Cl)c1ccccc1OC. The van der Waals surface area contributed by atoms with Crippen LogP contribution in [-0.4, -0.2) is 14.2 Å². The second kappa shape index (κ2) is 7.25. The van der Waals surface area contributed by atoms with Crippen LogP contribution < -0.4 is 10.0 Å². The monoisotopic (exact) mass is 282 g/mol. The van der Waals surface area contributed by atoms with Gasteiger partial charge in [-0.1, -0.05) is 42.6 Å². The number of hydrogen-bond donors (Lipinski definition) is 0. The summed E-state index contributed by atoms with van der Waals surface area (Å²) in [5, 5.41) is 1.76. The predicted molar refractivity (Wildman–Crippen MR) is 79.8 cm³/mol. The Morgan fingerprint density at radius 2 is 1.89 bits per heavy atom. The van der Waals surface area contributed by atoms with Gasteiger partial charge in [0.25, 0.3) is 0 Å². The average molecular weight is 283 g/mol. The van der Waals surface area contributed by atoms with E-state index in [1.54, 1.807) is 26.4 Å². The number of rotatable bonds is 6. The van der Waals surface area contributed by atoms with Gasteiger partial charge in [-0.15, -0.1) is 0 Å². The molecule has 0 bridgehead atoms. The average Bonchev–Trinajstić information content (AvgIpc) is 2.43. The molecule has 0 aliphatic heterocycles. The minimum absolute atomic E-state index is 0.636. The number of benzene rings is 1. The van der Waals surface area contributed by atoms with Crippen LogP contribution in [0.5, 0.6) is 5.75 Å². The highest BCUT2D eigenvalue weighted by Gasteiger charge is 2.18. The summed E-state index contributed by atoms with van der Waals surface area (Å²) in [5.41, 5.74) is 0. The molecule has 0 amide bonds. The van der Waals surface area contributed by atoms with Gasteiger partial charge in [0.05, 0.1) is 21.5 Å². The van der Waals surface area contributed by atoms with Crippen LogP contribution in [0.1, 0.15) is 0 Å². The molecule has 0 radical (unpaired) electrons. The lowest BCUT2D eigenvalue weighted by atomic mass is 10.3. The third-order valence-corrected chi connectivity index (χ3v) is 5.07. The topological polar surface area (TPSA) is 18.5 Å². The van der Waals surface area contributed by atoms with Gasteiger partial charge in [-0.25, -0.2) is 0 Å². The van der Waals surface area contributed by atoms with E-state index in [-0.39, 0.29) is 0 Å². The molecule has 18 heavy (non-hydrogen) atoms. The van der Waals surface area contributed by atoms with Crippen LogP contribution in [0.2, 0.25) is 0 Å². The minimum Gasteiger partial charge on any atom is -0.496 e. The van der Waals surface area contributed by atoms with E-state index < -0.39 is 7.27 Å². The van der Waals surface area contributed by atoms with Crippen molar-refractivity contribution in [3.8, 4) is 5.75 Å². The number of para-hydroxylation sites is 1. The molecular weight excluding hydrogens is 267 g/mol. The largest absolute Gasteiger partial charge is 0.496 e. The third-order valence-electron chi connectivity index (χ3n) is 2.36. The molecule has 1 atom stereocenters. The van der Waals surface area contributed by atoms with E-state index in [1.165, 1.54) is 0 Å². The lowest BCUT2D eigenvalue weighted by Crippen LogP contribution is -2.04. The molecule has 0 saturated heterocycles. The van der Waals surface area contributed by atoms with E-state index in [9.17, 15) is 0 Å². The first-order chi connectivity index (χ1) is 8.69. The summed E-state index contributed by atoms with van der Waals surface area (Å²) in [6.45, 7) is 7.49. The van der Waals surface area contributed by atoms with Crippen LogP contribution in [0.15, 0.2) is 60.6 Å². The molecule has 4 heteroatoms. The Bertz CT molecular complexity index is 469. The first kappa shape index (κ1) is 14.8. The fourth-order valence-corrected chi connectivity index (χ4v) is 3.74. The quantitative estimate of drug-likeness (QED) is 0.442. The number of halogens is 1. The maximum Gasteiger partial charge on any atom is 0.128 e. The van der Waals surface area contributed by atoms with E-state index in [2.05, 4.69) is 13.2 Å². The Balaban J connectivity index is 3.27. The van der Waals surface area contributed by atoms with Crippen LogP contribution >= 0.6 is 18.5 Å². The second-order valence-electron chi connectivity index (χ2n) is 3.31. The summed E-state index contributed by atoms with van der Waals surface area (Å²) in [6, 6.07) is 7.66. The smallest absolute Gasteiger partial charge is 0.128 e. The number of methoxy groups -OCH3 is 2. The van der Waals surface area contributed by atoms with Crippen LogP contribution in [0.3, 0.4) is 0 Å². The van der Waals surface area contributed by atoms with Gasteiger partial charge in [0, 0.05) is 10.6 Å². The second-order valence-corrected chi connectivity index (χ2v) is 5.85. The zero-order valence-electron chi connectivity index (χ0n) is 10.5. The molecule has 0 fully saturated rings. The van der Waals surface area contributed by atoms with Gasteiger partial charge in [-0.3, -0.25) is 0 Å². The highest BCUT2D eigenvalue weighted by molar-refractivity contribution is 7.93. The van der Waals surface area contributed by atoms with E-state index in [0.29, 0.717) is 5.76 Å². The van der Waals surface area contributed by atoms with Gasteiger partial charge >= 0.3 is 0 Å². The molecule has 0 N–H and O–H groups in total. The van der Waals surface area contributed by atoms with E-state index in [1.807, 2.05) is 24.3 Å². The van der Waals surface area contributed by atoms with Crippen molar-refractivity contribution in [2.75, 3.05) is 14.2 Å². The summed E-state index contributed by atoms with van der Waals surface area (Å²) in [6.07, 6.45) is 3.33. The number of hydrogen-bond acceptors (Lipinski definition) is 2. The number of ether oxygens (including phenoxy) is 2.